The van der Waals surface area contributed by atoms with E-state index in [2.05, 4.69) is 41.7 Å². The van der Waals surface area contributed by atoms with Crippen LogP contribution in [-0.4, -0.2) is 27.7 Å². The van der Waals surface area contributed by atoms with Gasteiger partial charge in [0.2, 0.25) is 0 Å². The standard InChI is InChI=1S/C16H20N4S/c1-4-16(5-2,21-3)11-18-15-12-8-6-7-9-13(12)19-20-14(15)10-17/h6-9H,4-5,11H2,1-3H3,(H,18,19). The Hall–Kier alpha value is -1.80. The third-order valence-corrected chi connectivity index (χ3v) is 5.67. The molecule has 0 bridgehead atoms. The van der Waals surface area contributed by atoms with E-state index in [1.54, 1.807) is 0 Å². The van der Waals surface area contributed by atoms with Crippen LogP contribution in [0.25, 0.3) is 10.9 Å². The van der Waals surface area contributed by atoms with Crippen LogP contribution in [0, 0.1) is 11.3 Å². The van der Waals surface area contributed by atoms with E-state index in [9.17, 15) is 5.26 Å². The van der Waals surface area contributed by atoms with Crippen molar-refractivity contribution in [3.05, 3.63) is 30.0 Å². The minimum Gasteiger partial charge on any atom is -0.381 e. The second kappa shape index (κ2) is 6.77. The van der Waals surface area contributed by atoms with Crippen molar-refractivity contribution in [2.45, 2.75) is 31.4 Å². The predicted molar refractivity (Wildman–Crippen MR) is 89.6 cm³/mol. The zero-order valence-corrected chi connectivity index (χ0v) is 13.5. The highest BCUT2D eigenvalue weighted by atomic mass is 32.2. The molecule has 1 heterocycles. The monoisotopic (exact) mass is 300 g/mol. The SMILES string of the molecule is CCC(CC)(CNc1c(C#N)nnc2ccccc12)SC. The third-order valence-electron chi connectivity index (χ3n) is 4.08. The van der Waals surface area contributed by atoms with Crippen LogP contribution in [0.4, 0.5) is 5.69 Å². The van der Waals surface area contributed by atoms with Crippen LogP contribution in [-0.2, 0) is 0 Å². The van der Waals surface area contributed by atoms with Gasteiger partial charge in [-0.25, -0.2) is 0 Å². The summed E-state index contributed by atoms with van der Waals surface area (Å²) in [5.74, 6) is 0. The highest BCUT2D eigenvalue weighted by molar-refractivity contribution is 8.00. The molecule has 0 saturated heterocycles. The summed E-state index contributed by atoms with van der Waals surface area (Å²) in [6.45, 7) is 5.22. The zero-order chi connectivity index (χ0) is 15.3. The van der Waals surface area contributed by atoms with Crippen molar-refractivity contribution in [2.75, 3.05) is 18.1 Å². The van der Waals surface area contributed by atoms with Crippen molar-refractivity contribution >= 4 is 28.4 Å². The minimum atomic E-state index is 0.178. The lowest BCUT2D eigenvalue weighted by Crippen LogP contribution is -2.32. The van der Waals surface area contributed by atoms with Crippen LogP contribution in [0.5, 0.6) is 0 Å². The summed E-state index contributed by atoms with van der Waals surface area (Å²) in [7, 11) is 0. The molecule has 1 N–H and O–H groups in total. The van der Waals surface area contributed by atoms with Crippen molar-refractivity contribution in [3.63, 3.8) is 0 Å². The molecule has 0 atom stereocenters. The Morgan fingerprint density at radius 2 is 1.95 bits per heavy atom. The molecule has 0 saturated carbocycles. The molecule has 0 amide bonds. The second-order valence-electron chi connectivity index (χ2n) is 5.00. The number of nitrogens with zero attached hydrogens (tertiary/aromatic N) is 3. The van der Waals surface area contributed by atoms with E-state index >= 15 is 0 Å². The summed E-state index contributed by atoms with van der Waals surface area (Å²) < 4.78 is 0.178. The van der Waals surface area contributed by atoms with Gasteiger partial charge < -0.3 is 5.32 Å². The fourth-order valence-corrected chi connectivity index (χ4v) is 3.22. The first-order valence-electron chi connectivity index (χ1n) is 7.14. The van der Waals surface area contributed by atoms with Gasteiger partial charge >= 0.3 is 0 Å². The molecule has 0 unspecified atom stereocenters. The zero-order valence-electron chi connectivity index (χ0n) is 12.7. The van der Waals surface area contributed by atoms with Crippen molar-refractivity contribution < 1.29 is 0 Å². The van der Waals surface area contributed by atoms with Crippen molar-refractivity contribution in [2.24, 2.45) is 0 Å². The Morgan fingerprint density at radius 1 is 1.24 bits per heavy atom. The molecule has 0 aliphatic rings. The van der Waals surface area contributed by atoms with Crippen molar-refractivity contribution in [1.82, 2.24) is 10.2 Å². The maximum Gasteiger partial charge on any atom is 0.186 e. The lowest BCUT2D eigenvalue weighted by molar-refractivity contribution is 0.575. The van der Waals surface area contributed by atoms with Gasteiger partial charge in [-0.1, -0.05) is 32.0 Å². The lowest BCUT2D eigenvalue weighted by Gasteiger charge is -2.30. The Bertz CT molecular complexity index is 651. The molecule has 0 aliphatic heterocycles. The molecule has 2 rings (SSSR count). The van der Waals surface area contributed by atoms with E-state index in [0.29, 0.717) is 5.69 Å². The molecule has 0 fully saturated rings. The van der Waals surface area contributed by atoms with E-state index in [-0.39, 0.29) is 4.75 Å². The first-order valence-corrected chi connectivity index (χ1v) is 8.36. The average molecular weight is 300 g/mol. The first-order chi connectivity index (χ1) is 10.2. The maximum absolute atomic E-state index is 9.28. The smallest absolute Gasteiger partial charge is 0.186 e. The van der Waals surface area contributed by atoms with Crippen molar-refractivity contribution in [1.29, 1.82) is 5.26 Å². The molecule has 1 aromatic heterocycles. The molecule has 4 nitrogen and oxygen atoms in total. The van der Waals surface area contributed by atoms with Gasteiger partial charge in [-0.3, -0.25) is 0 Å². The van der Waals surface area contributed by atoms with Gasteiger partial charge in [0.1, 0.15) is 6.07 Å². The highest BCUT2D eigenvalue weighted by Crippen LogP contribution is 2.32. The van der Waals surface area contributed by atoms with Crippen molar-refractivity contribution in [3.8, 4) is 6.07 Å². The fraction of sp³-hybridized carbons (Fsp3) is 0.438. The fourth-order valence-electron chi connectivity index (χ4n) is 2.42. The largest absolute Gasteiger partial charge is 0.381 e. The summed E-state index contributed by atoms with van der Waals surface area (Å²) in [5, 5.41) is 21.8. The molecule has 0 aliphatic carbocycles. The summed E-state index contributed by atoms with van der Waals surface area (Å²) in [6, 6.07) is 9.91. The number of aromatic nitrogens is 2. The van der Waals surface area contributed by atoms with Gasteiger partial charge in [0.25, 0.3) is 0 Å². The number of anilines is 1. The van der Waals surface area contributed by atoms with Crippen LogP contribution in [0.2, 0.25) is 0 Å². The quantitative estimate of drug-likeness (QED) is 0.878. The van der Waals surface area contributed by atoms with E-state index in [1.165, 1.54) is 0 Å². The summed E-state index contributed by atoms with van der Waals surface area (Å²) in [4.78, 5) is 0. The normalized spacial score (nSPS) is 11.3. The number of hydrogen-bond donors (Lipinski definition) is 1. The Balaban J connectivity index is 2.39. The number of fused-ring (bicyclic) bond motifs is 1. The molecule has 0 radical (unpaired) electrons. The van der Waals surface area contributed by atoms with Crippen LogP contribution in [0.3, 0.4) is 0 Å². The molecule has 110 valence electrons. The molecule has 2 aromatic rings. The van der Waals surface area contributed by atoms with E-state index < -0.39 is 0 Å². The summed E-state index contributed by atoms with van der Waals surface area (Å²) in [6.07, 6.45) is 4.30. The molecular formula is C16H20N4S. The van der Waals surface area contributed by atoms with Gasteiger partial charge in [0.15, 0.2) is 5.69 Å². The van der Waals surface area contributed by atoms with E-state index in [4.69, 9.17) is 0 Å². The number of benzene rings is 1. The van der Waals surface area contributed by atoms with Crippen LogP contribution in [0.15, 0.2) is 24.3 Å². The van der Waals surface area contributed by atoms with Gasteiger partial charge in [-0.05, 0) is 25.2 Å². The number of nitrogens with one attached hydrogen (secondary N) is 1. The summed E-state index contributed by atoms with van der Waals surface area (Å²) >= 11 is 1.87. The maximum atomic E-state index is 9.28. The number of hydrogen-bond acceptors (Lipinski definition) is 5. The second-order valence-corrected chi connectivity index (χ2v) is 6.27. The average Bonchev–Trinajstić information content (AvgIpc) is 2.56. The van der Waals surface area contributed by atoms with Gasteiger partial charge in [-0.15, -0.1) is 10.2 Å². The summed E-state index contributed by atoms with van der Waals surface area (Å²) in [5.41, 5.74) is 1.96. The molecule has 21 heavy (non-hydrogen) atoms. The Labute approximate surface area is 130 Å². The molecule has 1 aromatic carbocycles. The Morgan fingerprint density at radius 3 is 2.57 bits per heavy atom. The highest BCUT2D eigenvalue weighted by Gasteiger charge is 2.25. The number of rotatable bonds is 6. The molecular weight excluding hydrogens is 280 g/mol. The van der Waals surface area contributed by atoms with E-state index in [1.807, 2.05) is 36.0 Å². The van der Waals surface area contributed by atoms with Gasteiger partial charge in [0.05, 0.1) is 11.2 Å². The third kappa shape index (κ3) is 3.11. The number of thioether (sulfide) groups is 1. The Kier molecular flexibility index (Phi) is 5.03. The predicted octanol–water partition coefficient (Wildman–Crippen LogP) is 3.84. The van der Waals surface area contributed by atoms with Crippen LogP contribution < -0.4 is 5.32 Å². The van der Waals surface area contributed by atoms with Crippen LogP contribution >= 0.6 is 11.8 Å². The van der Waals surface area contributed by atoms with Gasteiger partial charge in [-0.2, -0.15) is 17.0 Å². The first kappa shape index (κ1) is 15.6. The van der Waals surface area contributed by atoms with E-state index in [0.717, 1.165) is 36.0 Å². The number of nitriles is 1. The molecule has 5 heteroatoms. The molecule has 0 spiro atoms. The topological polar surface area (TPSA) is 61.6 Å². The minimum absolute atomic E-state index is 0.178. The van der Waals surface area contributed by atoms with Crippen LogP contribution in [0.1, 0.15) is 32.4 Å². The van der Waals surface area contributed by atoms with Gasteiger partial charge in [0, 0.05) is 16.7 Å². The lowest BCUT2D eigenvalue weighted by atomic mass is 10.0.